The summed E-state index contributed by atoms with van der Waals surface area (Å²) < 4.78 is 27.6. The summed E-state index contributed by atoms with van der Waals surface area (Å²) in [6.07, 6.45) is 3.45. The summed E-state index contributed by atoms with van der Waals surface area (Å²) in [5, 5.41) is 0. The number of aryl methyl sites for hydroxylation is 3. The van der Waals surface area contributed by atoms with Crippen molar-refractivity contribution in [2.45, 2.75) is 44.9 Å². The van der Waals surface area contributed by atoms with E-state index in [2.05, 4.69) is 16.9 Å². The molecule has 1 aliphatic carbocycles. The van der Waals surface area contributed by atoms with Crippen LogP contribution < -0.4 is 4.72 Å². The number of fused-ring (bicyclic) bond motifs is 1. The lowest BCUT2D eigenvalue weighted by atomic mass is 10.0. The molecule has 0 aliphatic heterocycles. The fraction of sp³-hybridized carbons (Fsp3) is 0.368. The lowest BCUT2D eigenvalue weighted by molar-refractivity contribution is 0.566. The molecule has 3 nitrogen and oxygen atoms in total. The number of hydrogen-bond acceptors (Lipinski definition) is 2. The average molecular weight is 329 g/mol. The maximum atomic E-state index is 12.4. The normalized spacial score (nSPS) is 15.4. The highest BCUT2D eigenvalue weighted by atomic mass is 32.2. The Balaban J connectivity index is 1.72. The van der Waals surface area contributed by atoms with Gasteiger partial charge in [0, 0.05) is 6.04 Å². The first-order chi connectivity index (χ1) is 10.9. The Morgan fingerprint density at radius 1 is 1.09 bits per heavy atom. The molecule has 3 rings (SSSR count). The maximum absolute atomic E-state index is 12.4. The highest BCUT2D eigenvalue weighted by molar-refractivity contribution is 7.88. The monoisotopic (exact) mass is 329 g/mol. The molecule has 1 atom stereocenters. The zero-order valence-electron chi connectivity index (χ0n) is 13.7. The molecule has 0 fully saturated rings. The molecule has 0 saturated carbocycles. The second-order valence-electron chi connectivity index (χ2n) is 6.47. The largest absolute Gasteiger partial charge is 0.216 e. The third-order valence-corrected chi connectivity index (χ3v) is 5.84. The summed E-state index contributed by atoms with van der Waals surface area (Å²) in [4.78, 5) is 0. The summed E-state index contributed by atoms with van der Waals surface area (Å²) in [5.74, 6) is 0.0178. The smallest absolute Gasteiger partial charge is 0.212 e. The zero-order valence-corrected chi connectivity index (χ0v) is 14.5. The van der Waals surface area contributed by atoms with E-state index in [1.54, 1.807) is 0 Å². The standard InChI is InChI=1S/C19H23NO2S/c1-14-5-3-6-16(11-14)13-23(21,22)20-15(2)18-10-9-17-7-4-8-19(17)12-18/h3,5-6,9-12,15,20H,4,7-8,13H2,1-2H3. The molecule has 0 heterocycles. The minimum absolute atomic E-state index is 0.0178. The van der Waals surface area contributed by atoms with Crippen molar-refractivity contribution in [2.24, 2.45) is 0 Å². The van der Waals surface area contributed by atoms with E-state index in [1.165, 1.54) is 17.5 Å². The molecule has 1 unspecified atom stereocenters. The molecule has 1 N–H and O–H groups in total. The molecule has 0 bridgehead atoms. The van der Waals surface area contributed by atoms with Crippen LogP contribution in [0.15, 0.2) is 42.5 Å². The summed E-state index contributed by atoms with van der Waals surface area (Å²) >= 11 is 0. The zero-order chi connectivity index (χ0) is 16.4. The minimum Gasteiger partial charge on any atom is -0.212 e. The van der Waals surface area contributed by atoms with Gasteiger partial charge < -0.3 is 0 Å². The van der Waals surface area contributed by atoms with Crippen molar-refractivity contribution in [2.75, 3.05) is 0 Å². The van der Waals surface area contributed by atoms with E-state index in [9.17, 15) is 8.42 Å². The van der Waals surface area contributed by atoms with Crippen molar-refractivity contribution in [3.63, 3.8) is 0 Å². The van der Waals surface area contributed by atoms with Crippen LogP contribution in [0, 0.1) is 6.92 Å². The van der Waals surface area contributed by atoms with Crippen LogP contribution in [0.1, 0.15) is 47.2 Å². The minimum atomic E-state index is -3.36. The van der Waals surface area contributed by atoms with Crippen LogP contribution in [0.3, 0.4) is 0 Å². The van der Waals surface area contributed by atoms with Crippen LogP contribution in [0.25, 0.3) is 0 Å². The van der Waals surface area contributed by atoms with Crippen molar-refractivity contribution < 1.29 is 8.42 Å². The maximum Gasteiger partial charge on any atom is 0.216 e. The number of benzene rings is 2. The molecule has 1 aliphatic rings. The molecule has 2 aromatic carbocycles. The Morgan fingerprint density at radius 3 is 2.65 bits per heavy atom. The van der Waals surface area contributed by atoms with Gasteiger partial charge in [0.1, 0.15) is 0 Å². The summed E-state index contributed by atoms with van der Waals surface area (Å²) in [5.41, 5.74) is 5.71. The van der Waals surface area contributed by atoms with Gasteiger partial charge in [-0.15, -0.1) is 0 Å². The average Bonchev–Trinajstić information content (AvgIpc) is 2.93. The van der Waals surface area contributed by atoms with Crippen molar-refractivity contribution in [1.82, 2.24) is 4.72 Å². The van der Waals surface area contributed by atoms with Crippen LogP contribution in [0.2, 0.25) is 0 Å². The van der Waals surface area contributed by atoms with Crippen molar-refractivity contribution in [3.8, 4) is 0 Å². The first-order valence-electron chi connectivity index (χ1n) is 8.10. The lowest BCUT2D eigenvalue weighted by Crippen LogP contribution is -2.28. The van der Waals surface area contributed by atoms with E-state index in [1.807, 2.05) is 44.2 Å². The molecule has 0 saturated heterocycles. The topological polar surface area (TPSA) is 46.2 Å². The first kappa shape index (κ1) is 16.2. The molecular formula is C19H23NO2S. The first-order valence-corrected chi connectivity index (χ1v) is 9.75. The van der Waals surface area contributed by atoms with E-state index < -0.39 is 10.0 Å². The molecule has 0 radical (unpaired) electrons. The van der Waals surface area contributed by atoms with Crippen LogP contribution >= 0.6 is 0 Å². The Morgan fingerprint density at radius 2 is 1.87 bits per heavy atom. The second kappa shape index (κ2) is 6.46. The number of hydrogen-bond donors (Lipinski definition) is 1. The molecule has 4 heteroatoms. The fourth-order valence-electron chi connectivity index (χ4n) is 3.26. The van der Waals surface area contributed by atoms with Crippen molar-refractivity contribution >= 4 is 10.0 Å². The van der Waals surface area contributed by atoms with E-state index in [0.29, 0.717) is 0 Å². The van der Waals surface area contributed by atoms with Gasteiger partial charge in [-0.3, -0.25) is 0 Å². The fourth-order valence-corrected chi connectivity index (χ4v) is 4.64. The highest BCUT2D eigenvalue weighted by Gasteiger charge is 2.18. The summed E-state index contributed by atoms with van der Waals surface area (Å²) in [6, 6.07) is 13.8. The van der Waals surface area contributed by atoms with Gasteiger partial charge in [-0.1, -0.05) is 48.0 Å². The Labute approximate surface area is 138 Å². The van der Waals surface area contributed by atoms with Gasteiger partial charge in [0.05, 0.1) is 5.75 Å². The van der Waals surface area contributed by atoms with E-state index in [4.69, 9.17) is 0 Å². The molecule has 0 aromatic heterocycles. The third kappa shape index (κ3) is 4.01. The highest BCUT2D eigenvalue weighted by Crippen LogP contribution is 2.25. The van der Waals surface area contributed by atoms with Gasteiger partial charge in [-0.25, -0.2) is 13.1 Å². The summed E-state index contributed by atoms with van der Waals surface area (Å²) in [7, 11) is -3.36. The van der Waals surface area contributed by atoms with Gasteiger partial charge in [0.2, 0.25) is 10.0 Å². The molecule has 122 valence electrons. The molecule has 0 spiro atoms. The van der Waals surface area contributed by atoms with Crippen LogP contribution in [-0.2, 0) is 28.6 Å². The predicted octanol–water partition coefficient (Wildman–Crippen LogP) is 3.66. The number of sulfonamides is 1. The van der Waals surface area contributed by atoms with Gasteiger partial charge >= 0.3 is 0 Å². The van der Waals surface area contributed by atoms with Crippen LogP contribution in [0.4, 0.5) is 0 Å². The van der Waals surface area contributed by atoms with Gasteiger partial charge in [0.15, 0.2) is 0 Å². The predicted molar refractivity (Wildman–Crippen MR) is 93.8 cm³/mol. The van der Waals surface area contributed by atoms with Gasteiger partial charge in [-0.05, 0) is 55.4 Å². The van der Waals surface area contributed by atoms with Crippen LogP contribution in [0.5, 0.6) is 0 Å². The SMILES string of the molecule is Cc1cccc(CS(=O)(=O)NC(C)c2ccc3c(c2)CCC3)c1. The quantitative estimate of drug-likeness (QED) is 0.910. The molecule has 2 aromatic rings. The van der Waals surface area contributed by atoms with E-state index >= 15 is 0 Å². The second-order valence-corrected chi connectivity index (χ2v) is 8.22. The summed E-state index contributed by atoms with van der Waals surface area (Å²) in [6.45, 7) is 3.88. The van der Waals surface area contributed by atoms with Gasteiger partial charge in [-0.2, -0.15) is 0 Å². The number of rotatable bonds is 5. The Hall–Kier alpha value is -1.65. The van der Waals surface area contributed by atoms with E-state index in [0.717, 1.165) is 29.5 Å². The van der Waals surface area contributed by atoms with Crippen LogP contribution in [-0.4, -0.2) is 8.42 Å². The van der Waals surface area contributed by atoms with E-state index in [-0.39, 0.29) is 11.8 Å². The molecule has 23 heavy (non-hydrogen) atoms. The van der Waals surface area contributed by atoms with Crippen molar-refractivity contribution in [3.05, 3.63) is 70.3 Å². The Bertz CT molecular complexity index is 812. The number of nitrogens with one attached hydrogen (secondary N) is 1. The van der Waals surface area contributed by atoms with Crippen molar-refractivity contribution in [1.29, 1.82) is 0 Å². The third-order valence-electron chi connectivity index (χ3n) is 4.42. The molecule has 0 amide bonds. The Kier molecular flexibility index (Phi) is 4.55. The molecular weight excluding hydrogens is 306 g/mol. The lowest BCUT2D eigenvalue weighted by Gasteiger charge is -2.16. The van der Waals surface area contributed by atoms with Gasteiger partial charge in [0.25, 0.3) is 0 Å².